The number of aliphatic hydroxyl groups is 1. The largest absolute Gasteiger partial charge is 0.497 e. The second-order valence-electron chi connectivity index (χ2n) is 7.60. The van der Waals surface area contributed by atoms with Crippen molar-refractivity contribution < 1.29 is 24.2 Å². The molecule has 2 N–H and O–H groups in total. The van der Waals surface area contributed by atoms with Gasteiger partial charge < -0.3 is 19.9 Å². The predicted molar refractivity (Wildman–Crippen MR) is 121 cm³/mol. The van der Waals surface area contributed by atoms with Gasteiger partial charge in [0.15, 0.2) is 5.60 Å². The van der Waals surface area contributed by atoms with Gasteiger partial charge >= 0.3 is 0 Å². The van der Waals surface area contributed by atoms with Gasteiger partial charge in [-0.1, -0.05) is 48.0 Å². The molecule has 0 fully saturated rings. The van der Waals surface area contributed by atoms with Crippen LogP contribution in [-0.2, 0) is 15.2 Å². The molecule has 1 unspecified atom stereocenters. The molecule has 0 saturated carbocycles. The number of nitrogens with zero attached hydrogens (tertiary/aromatic N) is 1. The quantitative estimate of drug-likeness (QED) is 0.624. The van der Waals surface area contributed by atoms with Crippen molar-refractivity contribution in [1.29, 1.82) is 0 Å². The maximum atomic E-state index is 13.4. The van der Waals surface area contributed by atoms with Crippen LogP contribution in [0.4, 0.5) is 11.4 Å². The van der Waals surface area contributed by atoms with Crippen molar-refractivity contribution in [3.63, 3.8) is 0 Å². The first-order chi connectivity index (χ1) is 15.4. The van der Waals surface area contributed by atoms with Crippen LogP contribution in [0.25, 0.3) is 0 Å². The van der Waals surface area contributed by atoms with Crippen LogP contribution in [0.15, 0.2) is 66.7 Å². The third kappa shape index (κ3) is 3.56. The predicted octanol–water partition coefficient (Wildman–Crippen LogP) is 3.23. The van der Waals surface area contributed by atoms with Gasteiger partial charge in [0.2, 0.25) is 5.91 Å². The van der Waals surface area contributed by atoms with Gasteiger partial charge in [-0.25, -0.2) is 0 Å². The summed E-state index contributed by atoms with van der Waals surface area (Å²) in [6.07, 6.45) is 0. The monoisotopic (exact) mass is 432 g/mol. The van der Waals surface area contributed by atoms with Gasteiger partial charge in [-0.15, -0.1) is 0 Å². The lowest BCUT2D eigenvalue weighted by atomic mass is 9.87. The van der Waals surface area contributed by atoms with E-state index in [-0.39, 0.29) is 6.54 Å². The standard InChI is InChI=1S/C25H24N2O5/c1-16-7-6-8-17(13-16)25(30)19-9-4-5-10-21(19)27(24(25)29)15-23(28)26-20-12-11-18(31-2)14-22(20)32-3/h4-14,30H,15H2,1-3H3,(H,26,28). The second-order valence-corrected chi connectivity index (χ2v) is 7.60. The summed E-state index contributed by atoms with van der Waals surface area (Å²) < 4.78 is 10.5. The number of hydrogen-bond donors (Lipinski definition) is 2. The SMILES string of the molecule is COc1ccc(NC(=O)CN2C(=O)C(O)(c3cccc(C)c3)c3ccccc32)c(OC)c1. The summed E-state index contributed by atoms with van der Waals surface area (Å²) >= 11 is 0. The van der Waals surface area contributed by atoms with Crippen LogP contribution in [0.3, 0.4) is 0 Å². The first kappa shape index (κ1) is 21.4. The maximum Gasteiger partial charge on any atom is 0.268 e. The number of aryl methyl sites for hydroxylation is 1. The number of carbonyl (C=O) groups is 2. The second kappa shape index (κ2) is 8.36. The van der Waals surface area contributed by atoms with E-state index in [1.807, 2.05) is 13.0 Å². The highest BCUT2D eigenvalue weighted by Gasteiger charge is 2.51. The van der Waals surface area contributed by atoms with Gasteiger partial charge in [-0.2, -0.15) is 0 Å². The van der Waals surface area contributed by atoms with Crippen molar-refractivity contribution in [3.8, 4) is 11.5 Å². The Morgan fingerprint density at radius 1 is 1.03 bits per heavy atom. The van der Waals surface area contributed by atoms with Gasteiger partial charge in [0.25, 0.3) is 5.91 Å². The average Bonchev–Trinajstić information content (AvgIpc) is 3.02. The highest BCUT2D eigenvalue weighted by molar-refractivity contribution is 6.12. The molecular weight excluding hydrogens is 408 g/mol. The van der Waals surface area contributed by atoms with E-state index in [2.05, 4.69) is 5.32 Å². The minimum atomic E-state index is -1.86. The molecule has 3 aromatic carbocycles. The number of hydrogen-bond acceptors (Lipinski definition) is 5. The molecule has 0 radical (unpaired) electrons. The fraction of sp³-hybridized carbons (Fsp3) is 0.200. The first-order valence-electron chi connectivity index (χ1n) is 10.1. The fourth-order valence-corrected chi connectivity index (χ4v) is 3.98. The van der Waals surface area contributed by atoms with Gasteiger partial charge in [-0.05, 0) is 30.7 Å². The number of rotatable bonds is 6. The van der Waals surface area contributed by atoms with E-state index >= 15 is 0 Å². The number of fused-ring (bicyclic) bond motifs is 1. The lowest BCUT2D eigenvalue weighted by Gasteiger charge is -2.24. The molecule has 1 aliphatic rings. The molecule has 0 saturated heterocycles. The molecule has 32 heavy (non-hydrogen) atoms. The zero-order valence-electron chi connectivity index (χ0n) is 18.1. The third-order valence-corrected chi connectivity index (χ3v) is 5.56. The van der Waals surface area contributed by atoms with Gasteiger partial charge in [0, 0.05) is 11.6 Å². The number of ether oxygens (including phenoxy) is 2. The van der Waals surface area contributed by atoms with Crippen LogP contribution >= 0.6 is 0 Å². The number of anilines is 2. The normalized spacial score (nSPS) is 17.1. The molecule has 0 aliphatic carbocycles. The van der Waals surface area contributed by atoms with Crippen LogP contribution in [0.1, 0.15) is 16.7 Å². The summed E-state index contributed by atoms with van der Waals surface area (Å²) in [5, 5.41) is 14.3. The Labute approximate surface area is 186 Å². The van der Waals surface area contributed by atoms with Gasteiger partial charge in [0.1, 0.15) is 18.0 Å². The molecule has 7 nitrogen and oxygen atoms in total. The Kier molecular flexibility index (Phi) is 5.59. The lowest BCUT2D eigenvalue weighted by molar-refractivity contribution is -0.133. The summed E-state index contributed by atoms with van der Waals surface area (Å²) in [5.74, 6) is 0.0279. The third-order valence-electron chi connectivity index (χ3n) is 5.56. The fourth-order valence-electron chi connectivity index (χ4n) is 3.98. The maximum absolute atomic E-state index is 13.4. The van der Waals surface area contributed by atoms with Crippen molar-refractivity contribution in [2.45, 2.75) is 12.5 Å². The minimum Gasteiger partial charge on any atom is -0.497 e. The van der Waals surface area contributed by atoms with E-state index in [0.717, 1.165) is 5.56 Å². The highest BCUT2D eigenvalue weighted by Crippen LogP contribution is 2.44. The molecular formula is C25H24N2O5. The Hall–Kier alpha value is -3.84. The first-order valence-corrected chi connectivity index (χ1v) is 10.1. The molecule has 0 aromatic heterocycles. The Morgan fingerprint density at radius 2 is 1.81 bits per heavy atom. The van der Waals surface area contributed by atoms with E-state index in [1.54, 1.807) is 67.8 Å². The van der Waals surface area contributed by atoms with E-state index in [0.29, 0.717) is 34.0 Å². The average molecular weight is 432 g/mol. The zero-order chi connectivity index (χ0) is 22.9. The smallest absolute Gasteiger partial charge is 0.268 e. The number of nitrogens with one attached hydrogen (secondary N) is 1. The zero-order valence-corrected chi connectivity index (χ0v) is 18.1. The topological polar surface area (TPSA) is 88.1 Å². The number of methoxy groups -OCH3 is 2. The summed E-state index contributed by atoms with van der Waals surface area (Å²) in [4.78, 5) is 27.6. The summed E-state index contributed by atoms with van der Waals surface area (Å²) in [6.45, 7) is 1.63. The van der Waals surface area contributed by atoms with Crippen LogP contribution < -0.4 is 19.7 Å². The molecule has 164 valence electrons. The molecule has 7 heteroatoms. The van der Waals surface area contributed by atoms with Crippen LogP contribution in [0.2, 0.25) is 0 Å². The highest BCUT2D eigenvalue weighted by atomic mass is 16.5. The molecule has 3 aromatic rings. The number of para-hydroxylation sites is 1. The molecule has 2 amide bonds. The number of benzene rings is 3. The van der Waals surface area contributed by atoms with Crippen molar-refractivity contribution in [1.82, 2.24) is 0 Å². The number of carbonyl (C=O) groups excluding carboxylic acids is 2. The summed E-state index contributed by atoms with van der Waals surface area (Å²) in [6, 6.07) is 19.2. The molecule has 1 aliphatic heterocycles. The number of amides is 2. The van der Waals surface area contributed by atoms with E-state index in [9.17, 15) is 14.7 Å². The Morgan fingerprint density at radius 3 is 2.53 bits per heavy atom. The Bertz CT molecular complexity index is 1190. The van der Waals surface area contributed by atoms with Gasteiger partial charge in [-0.3, -0.25) is 14.5 Å². The van der Waals surface area contributed by atoms with Crippen molar-refractivity contribution >= 4 is 23.2 Å². The van der Waals surface area contributed by atoms with Crippen LogP contribution in [0, 0.1) is 6.92 Å². The molecule has 0 spiro atoms. The van der Waals surface area contributed by atoms with Crippen LogP contribution in [-0.4, -0.2) is 37.7 Å². The van der Waals surface area contributed by atoms with Gasteiger partial charge in [0.05, 0.1) is 25.6 Å². The van der Waals surface area contributed by atoms with Crippen LogP contribution in [0.5, 0.6) is 11.5 Å². The summed E-state index contributed by atoms with van der Waals surface area (Å²) in [5.41, 5.74) is 0.926. The van der Waals surface area contributed by atoms with E-state index < -0.39 is 17.4 Å². The summed E-state index contributed by atoms with van der Waals surface area (Å²) in [7, 11) is 3.03. The molecule has 4 rings (SSSR count). The lowest BCUT2D eigenvalue weighted by Crippen LogP contribution is -2.44. The minimum absolute atomic E-state index is 0.265. The van der Waals surface area contributed by atoms with Crippen molar-refractivity contribution in [2.75, 3.05) is 31.0 Å². The van der Waals surface area contributed by atoms with E-state index in [1.165, 1.54) is 12.0 Å². The van der Waals surface area contributed by atoms with E-state index in [4.69, 9.17) is 9.47 Å². The van der Waals surface area contributed by atoms with Crippen molar-refractivity contribution in [3.05, 3.63) is 83.4 Å². The molecule has 1 atom stereocenters. The molecule has 0 bridgehead atoms. The van der Waals surface area contributed by atoms with Crippen molar-refractivity contribution in [2.24, 2.45) is 0 Å². The Balaban J connectivity index is 1.64. The molecule has 1 heterocycles.